The number of likely N-dealkylation sites (N-methyl/N-ethyl adjacent to an activating group) is 1. The molecule has 0 N–H and O–H groups in total. The summed E-state index contributed by atoms with van der Waals surface area (Å²) in [6.07, 6.45) is 3.67. The summed E-state index contributed by atoms with van der Waals surface area (Å²) in [5.41, 5.74) is 0. The first-order valence-corrected chi connectivity index (χ1v) is 4.02. The van der Waals surface area contributed by atoms with Gasteiger partial charge in [-0.3, -0.25) is 0 Å². The summed E-state index contributed by atoms with van der Waals surface area (Å²) in [4.78, 5) is 6.21. The molecule has 3 nitrogen and oxygen atoms in total. The molecule has 1 fully saturated rings. The highest BCUT2D eigenvalue weighted by molar-refractivity contribution is 6.28. The molecule has 0 unspecified atom stereocenters. The fourth-order valence-electron chi connectivity index (χ4n) is 1.41. The van der Waals surface area contributed by atoms with Crippen LogP contribution in [0.3, 0.4) is 0 Å². The number of imidazole rings is 1. The SMILES string of the molecule is CN1CC(n2ccnc2Cl)C1. The lowest BCUT2D eigenvalue weighted by atomic mass is 10.1. The fourth-order valence-corrected chi connectivity index (χ4v) is 1.66. The van der Waals surface area contributed by atoms with Crippen molar-refractivity contribution in [2.75, 3.05) is 20.1 Å². The highest BCUT2D eigenvalue weighted by Crippen LogP contribution is 2.22. The summed E-state index contributed by atoms with van der Waals surface area (Å²) in [6, 6.07) is 0.537. The Kier molecular flexibility index (Phi) is 1.62. The minimum absolute atomic E-state index is 0.537. The van der Waals surface area contributed by atoms with Crippen LogP contribution in [-0.4, -0.2) is 34.6 Å². The van der Waals surface area contributed by atoms with Crippen LogP contribution in [-0.2, 0) is 0 Å². The Balaban J connectivity index is 2.12. The zero-order valence-corrected chi connectivity index (χ0v) is 7.12. The van der Waals surface area contributed by atoms with Crippen LogP contribution in [0.4, 0.5) is 0 Å². The lowest BCUT2D eigenvalue weighted by Gasteiger charge is -2.37. The van der Waals surface area contributed by atoms with Crippen LogP contribution >= 0.6 is 11.6 Å². The van der Waals surface area contributed by atoms with Crippen LogP contribution in [0.25, 0.3) is 0 Å². The van der Waals surface area contributed by atoms with Gasteiger partial charge in [0.25, 0.3) is 0 Å². The first-order chi connectivity index (χ1) is 5.27. The van der Waals surface area contributed by atoms with Crippen molar-refractivity contribution < 1.29 is 0 Å². The third-order valence-electron chi connectivity index (χ3n) is 2.06. The van der Waals surface area contributed by atoms with Gasteiger partial charge >= 0.3 is 0 Å². The summed E-state index contributed by atoms with van der Waals surface area (Å²) < 4.78 is 2.02. The van der Waals surface area contributed by atoms with E-state index in [1.54, 1.807) is 6.20 Å². The van der Waals surface area contributed by atoms with Gasteiger partial charge in [0, 0.05) is 25.5 Å². The Morgan fingerprint density at radius 1 is 1.64 bits per heavy atom. The molecule has 1 aromatic rings. The Bertz CT molecular complexity index is 252. The molecule has 0 amide bonds. The van der Waals surface area contributed by atoms with E-state index < -0.39 is 0 Å². The maximum absolute atomic E-state index is 5.83. The topological polar surface area (TPSA) is 21.1 Å². The highest BCUT2D eigenvalue weighted by Gasteiger charge is 2.25. The molecular formula is C7H10ClN3. The van der Waals surface area contributed by atoms with Gasteiger partial charge in [0.15, 0.2) is 0 Å². The molecule has 1 aliphatic rings. The van der Waals surface area contributed by atoms with E-state index in [4.69, 9.17) is 11.6 Å². The van der Waals surface area contributed by atoms with E-state index in [2.05, 4.69) is 16.9 Å². The molecule has 1 saturated heterocycles. The second kappa shape index (κ2) is 2.50. The van der Waals surface area contributed by atoms with Crippen molar-refractivity contribution in [3.05, 3.63) is 17.7 Å². The van der Waals surface area contributed by atoms with E-state index in [0.717, 1.165) is 13.1 Å². The monoisotopic (exact) mass is 171 g/mol. The molecule has 2 heterocycles. The second-order valence-electron chi connectivity index (χ2n) is 2.98. The minimum Gasteiger partial charge on any atom is -0.316 e. The van der Waals surface area contributed by atoms with Crippen molar-refractivity contribution in [3.63, 3.8) is 0 Å². The molecule has 0 bridgehead atoms. The number of halogens is 1. The van der Waals surface area contributed by atoms with E-state index in [1.807, 2.05) is 10.8 Å². The van der Waals surface area contributed by atoms with Gasteiger partial charge in [-0.15, -0.1) is 0 Å². The van der Waals surface area contributed by atoms with E-state index >= 15 is 0 Å². The molecule has 2 rings (SSSR count). The smallest absolute Gasteiger partial charge is 0.203 e. The van der Waals surface area contributed by atoms with Gasteiger partial charge in [-0.05, 0) is 18.6 Å². The average molecular weight is 172 g/mol. The minimum atomic E-state index is 0.537. The van der Waals surface area contributed by atoms with E-state index in [0.29, 0.717) is 11.3 Å². The predicted molar refractivity (Wildman–Crippen MR) is 43.8 cm³/mol. The zero-order valence-electron chi connectivity index (χ0n) is 6.37. The van der Waals surface area contributed by atoms with Gasteiger partial charge in [-0.25, -0.2) is 4.98 Å². The van der Waals surface area contributed by atoms with Crippen LogP contribution in [0.15, 0.2) is 12.4 Å². The number of aromatic nitrogens is 2. The van der Waals surface area contributed by atoms with Gasteiger partial charge in [0.2, 0.25) is 5.28 Å². The molecule has 0 radical (unpaired) electrons. The maximum Gasteiger partial charge on any atom is 0.203 e. The van der Waals surface area contributed by atoms with Crippen LogP contribution in [0.1, 0.15) is 6.04 Å². The first-order valence-electron chi connectivity index (χ1n) is 3.64. The van der Waals surface area contributed by atoms with Crippen LogP contribution in [0.2, 0.25) is 5.28 Å². The number of likely N-dealkylation sites (tertiary alicyclic amines) is 1. The van der Waals surface area contributed by atoms with Gasteiger partial charge in [0.1, 0.15) is 0 Å². The molecule has 1 aliphatic heterocycles. The number of hydrogen-bond donors (Lipinski definition) is 0. The lowest BCUT2D eigenvalue weighted by molar-refractivity contribution is 0.141. The van der Waals surface area contributed by atoms with E-state index in [1.165, 1.54) is 0 Å². The number of rotatable bonds is 1. The Labute approximate surface area is 70.6 Å². The molecule has 60 valence electrons. The maximum atomic E-state index is 5.83. The fraction of sp³-hybridized carbons (Fsp3) is 0.571. The van der Waals surface area contributed by atoms with Gasteiger partial charge < -0.3 is 9.47 Å². The molecule has 0 aromatic carbocycles. The predicted octanol–water partition coefficient (Wildman–Crippen LogP) is 1.02. The van der Waals surface area contributed by atoms with Crippen LogP contribution in [0, 0.1) is 0 Å². The number of nitrogens with zero attached hydrogens (tertiary/aromatic N) is 3. The first kappa shape index (κ1) is 7.13. The van der Waals surface area contributed by atoms with Gasteiger partial charge in [0.05, 0.1) is 6.04 Å². The summed E-state index contributed by atoms with van der Waals surface area (Å²) in [7, 11) is 2.10. The van der Waals surface area contributed by atoms with Crippen LogP contribution in [0.5, 0.6) is 0 Å². The number of hydrogen-bond acceptors (Lipinski definition) is 2. The largest absolute Gasteiger partial charge is 0.316 e. The molecule has 4 heteroatoms. The normalized spacial score (nSPS) is 20.2. The van der Waals surface area contributed by atoms with Crippen molar-refractivity contribution in [2.24, 2.45) is 0 Å². The Morgan fingerprint density at radius 3 is 2.82 bits per heavy atom. The zero-order chi connectivity index (χ0) is 7.84. The summed E-state index contributed by atoms with van der Waals surface area (Å²) >= 11 is 5.83. The lowest BCUT2D eigenvalue weighted by Crippen LogP contribution is -2.44. The molecule has 0 saturated carbocycles. The van der Waals surface area contributed by atoms with Gasteiger partial charge in [-0.2, -0.15) is 0 Å². The second-order valence-corrected chi connectivity index (χ2v) is 3.32. The van der Waals surface area contributed by atoms with Crippen LogP contribution < -0.4 is 0 Å². The molecule has 0 atom stereocenters. The molecule has 0 aliphatic carbocycles. The quantitative estimate of drug-likeness (QED) is 0.629. The molecule has 11 heavy (non-hydrogen) atoms. The standard InChI is InChI=1S/C7H10ClN3/c1-10-4-6(5-10)11-3-2-9-7(11)8/h2-3,6H,4-5H2,1H3. The van der Waals surface area contributed by atoms with Gasteiger partial charge in [-0.1, -0.05) is 0 Å². The van der Waals surface area contributed by atoms with E-state index in [-0.39, 0.29) is 0 Å². The highest BCUT2D eigenvalue weighted by atomic mass is 35.5. The van der Waals surface area contributed by atoms with Crippen molar-refractivity contribution in [3.8, 4) is 0 Å². The summed E-state index contributed by atoms with van der Waals surface area (Å²) in [5.74, 6) is 0. The van der Waals surface area contributed by atoms with E-state index in [9.17, 15) is 0 Å². The van der Waals surface area contributed by atoms with Crippen molar-refractivity contribution in [2.45, 2.75) is 6.04 Å². The van der Waals surface area contributed by atoms with Crippen molar-refractivity contribution in [1.29, 1.82) is 0 Å². The molecular weight excluding hydrogens is 162 g/mol. The average Bonchev–Trinajstić information content (AvgIpc) is 2.29. The Hall–Kier alpha value is -0.540. The summed E-state index contributed by atoms with van der Waals surface area (Å²) in [5, 5.41) is 0.600. The van der Waals surface area contributed by atoms with Crippen molar-refractivity contribution >= 4 is 11.6 Å². The molecule has 1 aromatic heterocycles. The summed E-state index contributed by atoms with van der Waals surface area (Å²) in [6.45, 7) is 2.16. The third-order valence-corrected chi connectivity index (χ3v) is 2.35. The molecule has 0 spiro atoms. The van der Waals surface area contributed by atoms with Crippen molar-refractivity contribution in [1.82, 2.24) is 14.5 Å². The third kappa shape index (κ3) is 1.14. The Morgan fingerprint density at radius 2 is 2.36 bits per heavy atom.